The van der Waals surface area contributed by atoms with Gasteiger partial charge in [0.2, 0.25) is 5.89 Å². The average molecular weight is 355 g/mol. The fraction of sp³-hybridized carbons (Fsp3) is 0.357. The Bertz CT molecular complexity index is 586. The van der Waals surface area contributed by atoms with Gasteiger partial charge in [-0.15, -0.1) is 11.8 Å². The molecule has 0 fully saturated rings. The maximum Gasteiger partial charge on any atom is 0.234 e. The maximum atomic E-state index is 11.5. The van der Waals surface area contributed by atoms with Crippen LogP contribution in [0.1, 0.15) is 31.5 Å². The minimum atomic E-state index is 0.140. The molecule has 0 atom stereocenters. The third-order valence-corrected chi connectivity index (χ3v) is 4.60. The van der Waals surface area contributed by atoms with Crippen LogP contribution in [-0.4, -0.2) is 15.9 Å². The number of rotatable bonds is 7. The Balaban J connectivity index is 1.90. The highest BCUT2D eigenvalue weighted by atomic mass is 79.9. The quantitative estimate of drug-likeness (QED) is 0.702. The van der Waals surface area contributed by atoms with E-state index in [0.717, 1.165) is 15.8 Å². The molecule has 0 N–H and O–H groups in total. The zero-order valence-electron chi connectivity index (χ0n) is 11.1. The number of carbonyl (C=O) groups is 1. The molecule has 0 aliphatic carbocycles. The molecule has 20 heavy (non-hydrogen) atoms. The van der Waals surface area contributed by atoms with Crippen molar-refractivity contribution in [2.75, 3.05) is 0 Å². The molecule has 1 aromatic carbocycles. The van der Waals surface area contributed by atoms with E-state index >= 15 is 0 Å². The Morgan fingerprint density at radius 2 is 2.20 bits per heavy atom. The van der Waals surface area contributed by atoms with Gasteiger partial charge < -0.3 is 4.52 Å². The van der Waals surface area contributed by atoms with E-state index in [2.05, 4.69) is 26.1 Å². The van der Waals surface area contributed by atoms with Crippen molar-refractivity contribution in [3.05, 3.63) is 40.5 Å². The number of hydrogen-bond donors (Lipinski definition) is 0. The Hall–Kier alpha value is -1.14. The van der Waals surface area contributed by atoms with Gasteiger partial charge >= 0.3 is 0 Å². The van der Waals surface area contributed by atoms with Crippen molar-refractivity contribution in [3.63, 3.8) is 0 Å². The second-order valence-corrected chi connectivity index (χ2v) is 6.16. The van der Waals surface area contributed by atoms with E-state index in [1.54, 1.807) is 11.8 Å². The van der Waals surface area contributed by atoms with Crippen molar-refractivity contribution in [1.29, 1.82) is 0 Å². The van der Waals surface area contributed by atoms with Gasteiger partial charge in [0.25, 0.3) is 0 Å². The first-order valence-electron chi connectivity index (χ1n) is 6.39. The molecule has 4 nitrogen and oxygen atoms in total. The molecule has 0 saturated carbocycles. The standard InChI is InChI=1S/C14H15BrN2O2S/c1-2-5-10(18)8-14-16-13(17-19-14)9-20-12-7-4-3-6-11(12)15/h3-4,6-7H,2,5,8-9H2,1H3. The normalized spacial score (nSPS) is 10.7. The van der Waals surface area contributed by atoms with Gasteiger partial charge in [-0.2, -0.15) is 4.98 Å². The Labute approximate surface area is 130 Å². The Kier molecular flexibility index (Phi) is 5.79. The van der Waals surface area contributed by atoms with Crippen LogP contribution in [0, 0.1) is 0 Å². The minimum Gasteiger partial charge on any atom is -0.339 e. The number of Topliss-reactive ketones (excluding diaryl/α,β-unsaturated/α-hetero) is 1. The van der Waals surface area contributed by atoms with Crippen molar-refractivity contribution >= 4 is 33.5 Å². The van der Waals surface area contributed by atoms with Gasteiger partial charge in [-0.3, -0.25) is 4.79 Å². The highest BCUT2D eigenvalue weighted by Gasteiger charge is 2.11. The summed E-state index contributed by atoms with van der Waals surface area (Å²) in [6.07, 6.45) is 1.64. The van der Waals surface area contributed by atoms with E-state index < -0.39 is 0 Å². The smallest absolute Gasteiger partial charge is 0.234 e. The van der Waals surface area contributed by atoms with Gasteiger partial charge in [-0.25, -0.2) is 0 Å². The second kappa shape index (κ2) is 7.59. The van der Waals surface area contributed by atoms with Gasteiger partial charge in [-0.05, 0) is 34.5 Å². The summed E-state index contributed by atoms with van der Waals surface area (Å²) in [5.41, 5.74) is 0. The summed E-state index contributed by atoms with van der Waals surface area (Å²) in [7, 11) is 0. The lowest BCUT2D eigenvalue weighted by molar-refractivity contribution is -0.118. The van der Waals surface area contributed by atoms with Gasteiger partial charge in [0.15, 0.2) is 5.82 Å². The predicted octanol–water partition coefficient (Wildman–Crippen LogP) is 4.04. The molecule has 2 aromatic rings. The maximum absolute atomic E-state index is 11.5. The van der Waals surface area contributed by atoms with E-state index in [4.69, 9.17) is 4.52 Å². The van der Waals surface area contributed by atoms with E-state index in [1.165, 1.54) is 0 Å². The average Bonchev–Trinajstić information content (AvgIpc) is 2.85. The molecule has 2 rings (SSSR count). The minimum absolute atomic E-state index is 0.140. The fourth-order valence-corrected chi connectivity index (χ4v) is 3.07. The molecule has 1 heterocycles. The lowest BCUT2D eigenvalue weighted by Crippen LogP contribution is -2.02. The highest BCUT2D eigenvalue weighted by molar-refractivity contribution is 9.10. The molecule has 0 unspecified atom stereocenters. The van der Waals surface area contributed by atoms with E-state index in [9.17, 15) is 4.79 Å². The molecule has 0 amide bonds. The Morgan fingerprint density at radius 1 is 1.40 bits per heavy atom. The summed E-state index contributed by atoms with van der Waals surface area (Å²) in [5, 5.41) is 3.90. The van der Waals surface area contributed by atoms with Crippen LogP contribution in [0.25, 0.3) is 0 Å². The molecule has 0 radical (unpaired) electrons. The summed E-state index contributed by atoms with van der Waals surface area (Å²) in [5.74, 6) is 1.78. The second-order valence-electron chi connectivity index (χ2n) is 4.29. The van der Waals surface area contributed by atoms with E-state index in [-0.39, 0.29) is 12.2 Å². The zero-order valence-corrected chi connectivity index (χ0v) is 13.5. The molecule has 1 aromatic heterocycles. The van der Waals surface area contributed by atoms with Crippen molar-refractivity contribution in [3.8, 4) is 0 Å². The molecule has 6 heteroatoms. The van der Waals surface area contributed by atoms with Gasteiger partial charge in [0, 0.05) is 15.8 Å². The lowest BCUT2D eigenvalue weighted by atomic mass is 10.2. The molecular weight excluding hydrogens is 340 g/mol. The first-order chi connectivity index (χ1) is 9.69. The molecule has 0 bridgehead atoms. The zero-order chi connectivity index (χ0) is 14.4. The number of thioether (sulfide) groups is 1. The molecule has 0 aliphatic heterocycles. The number of nitrogens with zero attached hydrogens (tertiary/aromatic N) is 2. The number of hydrogen-bond acceptors (Lipinski definition) is 5. The third-order valence-electron chi connectivity index (χ3n) is 2.58. The van der Waals surface area contributed by atoms with Crippen LogP contribution in [0.5, 0.6) is 0 Å². The van der Waals surface area contributed by atoms with Crippen molar-refractivity contribution in [2.24, 2.45) is 0 Å². The van der Waals surface area contributed by atoms with Crippen LogP contribution in [0.4, 0.5) is 0 Å². The first kappa shape index (κ1) is 15.3. The van der Waals surface area contributed by atoms with Crippen LogP contribution in [0.2, 0.25) is 0 Å². The van der Waals surface area contributed by atoms with Gasteiger partial charge in [0.1, 0.15) is 5.78 Å². The lowest BCUT2D eigenvalue weighted by Gasteiger charge is -2.00. The predicted molar refractivity (Wildman–Crippen MR) is 81.6 cm³/mol. The third kappa shape index (κ3) is 4.45. The molecule has 106 valence electrons. The van der Waals surface area contributed by atoms with Crippen LogP contribution in [0.3, 0.4) is 0 Å². The SMILES string of the molecule is CCCC(=O)Cc1nc(CSc2ccccc2Br)no1. The summed E-state index contributed by atoms with van der Waals surface area (Å²) in [6, 6.07) is 7.98. The van der Waals surface area contributed by atoms with E-state index in [0.29, 0.717) is 23.9 Å². The summed E-state index contributed by atoms with van der Waals surface area (Å²) in [6.45, 7) is 1.98. The summed E-state index contributed by atoms with van der Waals surface area (Å²) >= 11 is 5.12. The molecular formula is C14H15BrN2O2S. The van der Waals surface area contributed by atoms with Crippen molar-refractivity contribution in [2.45, 2.75) is 36.8 Å². The number of aromatic nitrogens is 2. The molecule has 0 spiro atoms. The number of carbonyl (C=O) groups excluding carboxylic acids is 1. The van der Waals surface area contributed by atoms with Crippen LogP contribution >= 0.6 is 27.7 Å². The fourth-order valence-electron chi connectivity index (χ4n) is 1.66. The molecule has 0 aliphatic rings. The van der Waals surface area contributed by atoms with Crippen LogP contribution < -0.4 is 0 Å². The van der Waals surface area contributed by atoms with Crippen LogP contribution in [-0.2, 0) is 17.0 Å². The number of benzene rings is 1. The largest absolute Gasteiger partial charge is 0.339 e. The van der Waals surface area contributed by atoms with Gasteiger partial charge in [-0.1, -0.05) is 24.2 Å². The topological polar surface area (TPSA) is 56.0 Å². The summed E-state index contributed by atoms with van der Waals surface area (Å²) in [4.78, 5) is 16.9. The Morgan fingerprint density at radius 3 is 2.95 bits per heavy atom. The highest BCUT2D eigenvalue weighted by Crippen LogP contribution is 2.28. The first-order valence-corrected chi connectivity index (χ1v) is 8.17. The van der Waals surface area contributed by atoms with Gasteiger partial charge in [0.05, 0.1) is 12.2 Å². The number of halogens is 1. The molecule has 0 saturated heterocycles. The summed E-state index contributed by atoms with van der Waals surface area (Å²) < 4.78 is 6.14. The van der Waals surface area contributed by atoms with Crippen LogP contribution in [0.15, 0.2) is 38.2 Å². The number of ketones is 1. The van der Waals surface area contributed by atoms with Crippen molar-refractivity contribution < 1.29 is 9.32 Å². The monoisotopic (exact) mass is 354 g/mol. The van der Waals surface area contributed by atoms with Crippen molar-refractivity contribution in [1.82, 2.24) is 10.1 Å². The van der Waals surface area contributed by atoms with E-state index in [1.807, 2.05) is 31.2 Å².